The van der Waals surface area contributed by atoms with Crippen molar-refractivity contribution in [1.82, 2.24) is 4.98 Å². The van der Waals surface area contributed by atoms with Crippen LogP contribution in [0, 0.1) is 11.3 Å². The highest BCUT2D eigenvalue weighted by Gasteiger charge is 2.16. The van der Waals surface area contributed by atoms with Crippen LogP contribution in [0.2, 0.25) is 10.0 Å². The lowest BCUT2D eigenvalue weighted by Gasteiger charge is -2.16. The van der Waals surface area contributed by atoms with Gasteiger partial charge in [-0.15, -0.1) is 0 Å². The van der Waals surface area contributed by atoms with Crippen molar-refractivity contribution in [1.29, 1.82) is 5.26 Å². The molecule has 0 aliphatic heterocycles. The molecule has 4 rings (SSSR count). The third-order valence-corrected chi connectivity index (χ3v) is 5.72. The molecule has 1 heterocycles. The minimum Gasteiger partial charge on any atom is -0.495 e. The van der Waals surface area contributed by atoms with Crippen molar-refractivity contribution in [2.45, 2.75) is 12.5 Å². The number of nitriles is 1. The monoisotopic (exact) mass is 501 g/mol. The van der Waals surface area contributed by atoms with Crippen molar-refractivity contribution in [2.24, 2.45) is 0 Å². The Morgan fingerprint density at radius 1 is 0.939 bits per heavy atom. The molecule has 0 spiro atoms. The number of fused-ring (bicyclic) bond motifs is 2. The Morgan fingerprint density at radius 3 is 2.30 bits per heavy atom. The van der Waals surface area contributed by atoms with Gasteiger partial charge in [0, 0.05) is 17.6 Å². The number of ether oxygens (including phenoxy) is 3. The number of aromatic nitrogens is 1. The van der Waals surface area contributed by atoms with Gasteiger partial charge in [0.05, 0.1) is 46.7 Å². The summed E-state index contributed by atoms with van der Waals surface area (Å²) in [6, 6.07) is 13.0. The molecular formula is C24H18Cl3N3O3. The number of nitrogens with one attached hydrogen (secondary N) is 1. The molecule has 0 saturated heterocycles. The number of hydrogen-bond acceptors (Lipinski definition) is 6. The van der Waals surface area contributed by atoms with E-state index in [9.17, 15) is 5.26 Å². The normalized spacial score (nSPS) is 11.8. The largest absolute Gasteiger partial charge is 0.495 e. The van der Waals surface area contributed by atoms with Gasteiger partial charge in [0.15, 0.2) is 17.1 Å². The predicted molar refractivity (Wildman–Crippen MR) is 133 cm³/mol. The quantitative estimate of drug-likeness (QED) is 0.220. The average Bonchev–Trinajstić information content (AvgIpc) is 2.78. The van der Waals surface area contributed by atoms with Crippen LogP contribution in [0.25, 0.3) is 21.7 Å². The Hall–Kier alpha value is -3.11. The molecular weight excluding hydrogens is 485 g/mol. The highest BCUT2D eigenvalue weighted by molar-refractivity contribution is 6.37. The van der Waals surface area contributed by atoms with E-state index in [-0.39, 0.29) is 0 Å². The molecule has 168 valence electrons. The van der Waals surface area contributed by atoms with Crippen molar-refractivity contribution >= 4 is 67.9 Å². The number of halogens is 3. The van der Waals surface area contributed by atoms with E-state index in [1.165, 1.54) is 13.3 Å². The number of anilines is 2. The molecule has 3 aromatic carbocycles. The fraction of sp³-hybridized carbons (Fsp3) is 0.167. The first-order valence-electron chi connectivity index (χ1n) is 9.80. The van der Waals surface area contributed by atoms with Crippen molar-refractivity contribution in [3.63, 3.8) is 0 Å². The number of alkyl halides is 1. The SMILES string of the molecule is COc1cc(Nc2c(C#N)cnc3cc4cc(OC(C)Cl)c(OC)cc4cc23)c(Cl)cc1Cl. The summed E-state index contributed by atoms with van der Waals surface area (Å²) in [5.74, 6) is 1.52. The van der Waals surface area contributed by atoms with E-state index in [2.05, 4.69) is 16.4 Å². The molecule has 0 bridgehead atoms. The molecule has 0 radical (unpaired) electrons. The van der Waals surface area contributed by atoms with Gasteiger partial charge in [-0.05, 0) is 48.0 Å². The van der Waals surface area contributed by atoms with E-state index < -0.39 is 5.56 Å². The van der Waals surface area contributed by atoms with Gasteiger partial charge in [0.2, 0.25) is 0 Å². The van der Waals surface area contributed by atoms with E-state index in [0.717, 1.165) is 16.2 Å². The van der Waals surface area contributed by atoms with Crippen LogP contribution in [-0.2, 0) is 0 Å². The van der Waals surface area contributed by atoms with Gasteiger partial charge >= 0.3 is 0 Å². The van der Waals surface area contributed by atoms with E-state index in [4.69, 9.17) is 49.0 Å². The van der Waals surface area contributed by atoms with Gasteiger partial charge < -0.3 is 19.5 Å². The highest BCUT2D eigenvalue weighted by Crippen LogP contribution is 2.40. The molecule has 0 amide bonds. The number of nitrogens with zero attached hydrogens (tertiary/aromatic N) is 2. The molecule has 9 heteroatoms. The zero-order valence-electron chi connectivity index (χ0n) is 17.9. The van der Waals surface area contributed by atoms with Crippen molar-refractivity contribution in [3.05, 3.63) is 58.2 Å². The number of benzene rings is 3. The second kappa shape index (κ2) is 9.40. The summed E-state index contributed by atoms with van der Waals surface area (Å²) in [7, 11) is 3.08. The lowest BCUT2D eigenvalue weighted by molar-refractivity contribution is 0.281. The number of rotatable bonds is 6. The highest BCUT2D eigenvalue weighted by atomic mass is 35.5. The standard InChI is InChI=1S/C24H18Cl3N3O3/c1-12(25)33-23-7-14-5-19-16(4-13(14)6-22(23)32-3)24(15(10-28)11-29-19)30-20-9-21(31-2)18(27)8-17(20)26/h4-9,11-12H,1-3H3,(H,29,30). The summed E-state index contributed by atoms with van der Waals surface area (Å²) < 4.78 is 16.4. The van der Waals surface area contributed by atoms with Crippen LogP contribution in [0.3, 0.4) is 0 Å². The number of pyridine rings is 1. The Balaban J connectivity index is 1.92. The molecule has 1 atom stereocenters. The summed E-state index contributed by atoms with van der Waals surface area (Å²) >= 11 is 18.6. The van der Waals surface area contributed by atoms with Gasteiger partial charge in [-0.3, -0.25) is 4.98 Å². The summed E-state index contributed by atoms with van der Waals surface area (Å²) in [5.41, 5.74) is 1.61. The van der Waals surface area contributed by atoms with Gasteiger partial charge in [-0.2, -0.15) is 5.26 Å². The van der Waals surface area contributed by atoms with Crippen molar-refractivity contribution in [2.75, 3.05) is 19.5 Å². The average molecular weight is 503 g/mol. The van der Waals surface area contributed by atoms with Crippen LogP contribution in [0.5, 0.6) is 17.2 Å². The van der Waals surface area contributed by atoms with E-state index in [0.29, 0.717) is 49.7 Å². The summed E-state index contributed by atoms with van der Waals surface area (Å²) in [5, 5.41) is 16.2. The van der Waals surface area contributed by atoms with E-state index >= 15 is 0 Å². The maximum absolute atomic E-state index is 9.73. The molecule has 1 aromatic heterocycles. The van der Waals surface area contributed by atoms with Gasteiger partial charge in [-0.1, -0.05) is 34.8 Å². The van der Waals surface area contributed by atoms with Gasteiger partial charge in [-0.25, -0.2) is 0 Å². The smallest absolute Gasteiger partial charge is 0.169 e. The van der Waals surface area contributed by atoms with Gasteiger partial charge in [0.25, 0.3) is 0 Å². The van der Waals surface area contributed by atoms with Gasteiger partial charge in [0.1, 0.15) is 11.8 Å². The second-order valence-corrected chi connectivity index (χ2v) is 8.56. The molecule has 33 heavy (non-hydrogen) atoms. The lowest BCUT2D eigenvalue weighted by Crippen LogP contribution is -2.04. The minimum absolute atomic E-state index is 0.356. The molecule has 0 aliphatic rings. The van der Waals surface area contributed by atoms with Crippen LogP contribution in [0.1, 0.15) is 12.5 Å². The van der Waals surface area contributed by atoms with Crippen molar-refractivity contribution in [3.8, 4) is 23.3 Å². The Morgan fingerprint density at radius 2 is 1.64 bits per heavy atom. The zero-order valence-corrected chi connectivity index (χ0v) is 20.1. The van der Waals surface area contributed by atoms with Crippen LogP contribution in [-0.4, -0.2) is 24.8 Å². The Labute approximate surface area is 205 Å². The fourth-order valence-corrected chi connectivity index (χ4v) is 4.11. The molecule has 6 nitrogen and oxygen atoms in total. The molecule has 1 unspecified atom stereocenters. The summed E-state index contributed by atoms with van der Waals surface area (Å²) in [6.45, 7) is 1.73. The molecule has 0 fully saturated rings. The van der Waals surface area contributed by atoms with Crippen LogP contribution in [0.4, 0.5) is 11.4 Å². The Kier molecular flexibility index (Phi) is 6.57. The zero-order chi connectivity index (χ0) is 23.7. The van der Waals surface area contributed by atoms with E-state index in [1.807, 2.05) is 24.3 Å². The minimum atomic E-state index is -0.523. The first kappa shape index (κ1) is 23.1. The first-order chi connectivity index (χ1) is 15.8. The fourth-order valence-electron chi connectivity index (χ4n) is 3.51. The summed E-state index contributed by atoms with van der Waals surface area (Å²) in [6.07, 6.45) is 1.51. The third kappa shape index (κ3) is 4.53. The molecule has 0 aliphatic carbocycles. The maximum atomic E-state index is 9.73. The molecule has 4 aromatic rings. The maximum Gasteiger partial charge on any atom is 0.169 e. The van der Waals surface area contributed by atoms with Crippen LogP contribution >= 0.6 is 34.8 Å². The van der Waals surface area contributed by atoms with Crippen LogP contribution in [0.15, 0.2) is 42.6 Å². The van der Waals surface area contributed by atoms with Crippen LogP contribution < -0.4 is 19.5 Å². The summed E-state index contributed by atoms with van der Waals surface area (Å²) in [4.78, 5) is 4.47. The number of methoxy groups -OCH3 is 2. The van der Waals surface area contributed by atoms with Crippen molar-refractivity contribution < 1.29 is 14.2 Å². The Bertz CT molecular complexity index is 1420. The number of hydrogen-bond donors (Lipinski definition) is 1. The predicted octanol–water partition coefficient (Wildman–Crippen LogP) is 7.29. The topological polar surface area (TPSA) is 76.4 Å². The molecule has 0 saturated carbocycles. The van der Waals surface area contributed by atoms with E-state index in [1.54, 1.807) is 26.2 Å². The third-order valence-electron chi connectivity index (χ3n) is 5.02. The lowest BCUT2D eigenvalue weighted by atomic mass is 10.0. The molecule has 1 N–H and O–H groups in total. The second-order valence-electron chi connectivity index (χ2n) is 7.13. The first-order valence-corrected chi connectivity index (χ1v) is 11.0.